The van der Waals surface area contributed by atoms with Crippen molar-refractivity contribution in [2.45, 2.75) is 25.3 Å². The minimum atomic E-state index is -3.53. The summed E-state index contributed by atoms with van der Waals surface area (Å²) < 4.78 is 29.2. The van der Waals surface area contributed by atoms with Crippen molar-refractivity contribution >= 4 is 10.0 Å². The third-order valence-corrected chi connectivity index (χ3v) is 5.35. The summed E-state index contributed by atoms with van der Waals surface area (Å²) in [4.78, 5) is 0.260. The van der Waals surface area contributed by atoms with Crippen LogP contribution in [0.25, 0.3) is 5.69 Å². The third kappa shape index (κ3) is 3.25. The molecule has 0 aliphatic heterocycles. The first-order valence-corrected chi connectivity index (χ1v) is 9.12. The second-order valence-electron chi connectivity index (χ2n) is 5.53. The molecule has 1 N–H and O–H groups in total. The van der Waals surface area contributed by atoms with E-state index in [0.717, 1.165) is 22.6 Å². The first kappa shape index (κ1) is 16.4. The Hall–Kier alpha value is -2.44. The predicted octanol–water partition coefficient (Wildman–Crippen LogP) is 2.97. The first-order valence-electron chi connectivity index (χ1n) is 7.64. The van der Waals surface area contributed by atoms with Crippen LogP contribution >= 0.6 is 0 Å². The smallest absolute Gasteiger partial charge is 0.238 e. The molecule has 0 aliphatic carbocycles. The number of benzene rings is 2. The quantitative estimate of drug-likeness (QED) is 0.776. The Kier molecular flexibility index (Phi) is 4.51. The van der Waals surface area contributed by atoms with E-state index in [-0.39, 0.29) is 11.4 Å². The molecule has 0 spiro atoms. The van der Waals surface area contributed by atoms with Gasteiger partial charge in [-0.25, -0.2) is 17.8 Å². The second kappa shape index (κ2) is 6.59. The third-order valence-electron chi connectivity index (χ3n) is 3.93. The van der Waals surface area contributed by atoms with Crippen LogP contribution in [-0.4, -0.2) is 18.2 Å². The molecular weight excluding hydrogens is 322 g/mol. The standard InChI is InChI=1S/C18H19N3O2S/c1-14-18(13-19-24(22,23)17-11-7-4-8-12-17)15(2)21(20-14)16-9-5-3-6-10-16/h3-12,19H,13H2,1-2H3. The van der Waals surface area contributed by atoms with E-state index in [1.165, 1.54) is 0 Å². The number of aromatic nitrogens is 2. The zero-order chi connectivity index (χ0) is 17.2. The Morgan fingerprint density at radius 2 is 1.54 bits per heavy atom. The Morgan fingerprint density at radius 1 is 0.958 bits per heavy atom. The maximum absolute atomic E-state index is 12.4. The lowest BCUT2D eigenvalue weighted by atomic mass is 10.2. The van der Waals surface area contributed by atoms with Gasteiger partial charge in [0.2, 0.25) is 10.0 Å². The number of rotatable bonds is 5. The van der Waals surface area contributed by atoms with E-state index in [2.05, 4.69) is 9.82 Å². The Labute approximate surface area is 142 Å². The van der Waals surface area contributed by atoms with Crippen molar-refractivity contribution in [3.05, 3.63) is 77.6 Å². The first-order chi connectivity index (χ1) is 11.5. The Morgan fingerprint density at radius 3 is 2.17 bits per heavy atom. The minimum Gasteiger partial charge on any atom is -0.238 e. The summed E-state index contributed by atoms with van der Waals surface area (Å²) in [5.74, 6) is 0. The highest BCUT2D eigenvalue weighted by Gasteiger charge is 2.17. The van der Waals surface area contributed by atoms with Gasteiger partial charge >= 0.3 is 0 Å². The lowest BCUT2D eigenvalue weighted by Crippen LogP contribution is -2.23. The van der Waals surface area contributed by atoms with Crippen LogP contribution < -0.4 is 4.72 Å². The van der Waals surface area contributed by atoms with E-state index in [1.807, 2.05) is 48.9 Å². The SMILES string of the molecule is Cc1nn(-c2ccccc2)c(C)c1CNS(=O)(=O)c1ccccc1. The van der Waals surface area contributed by atoms with Crippen molar-refractivity contribution in [3.63, 3.8) is 0 Å². The number of para-hydroxylation sites is 1. The van der Waals surface area contributed by atoms with Crippen LogP contribution in [0, 0.1) is 13.8 Å². The molecule has 1 heterocycles. The van der Waals surface area contributed by atoms with Crippen LogP contribution in [0.4, 0.5) is 0 Å². The van der Waals surface area contributed by atoms with Gasteiger partial charge in [0.15, 0.2) is 0 Å². The van der Waals surface area contributed by atoms with Crippen LogP contribution in [0.2, 0.25) is 0 Å². The molecule has 0 bridgehead atoms. The number of nitrogens with one attached hydrogen (secondary N) is 1. The topological polar surface area (TPSA) is 64.0 Å². The van der Waals surface area contributed by atoms with Gasteiger partial charge in [0, 0.05) is 17.8 Å². The van der Waals surface area contributed by atoms with Gasteiger partial charge in [-0.2, -0.15) is 5.10 Å². The normalized spacial score (nSPS) is 11.6. The molecule has 0 saturated heterocycles. The van der Waals surface area contributed by atoms with Gasteiger partial charge in [0.25, 0.3) is 0 Å². The number of hydrogen-bond donors (Lipinski definition) is 1. The molecule has 2 aromatic carbocycles. The highest BCUT2D eigenvalue weighted by molar-refractivity contribution is 7.89. The van der Waals surface area contributed by atoms with E-state index in [1.54, 1.807) is 30.3 Å². The summed E-state index contributed by atoms with van der Waals surface area (Å²) in [5, 5.41) is 4.54. The average molecular weight is 341 g/mol. The highest BCUT2D eigenvalue weighted by atomic mass is 32.2. The van der Waals surface area contributed by atoms with E-state index in [0.29, 0.717) is 0 Å². The molecule has 5 nitrogen and oxygen atoms in total. The van der Waals surface area contributed by atoms with E-state index in [4.69, 9.17) is 0 Å². The van der Waals surface area contributed by atoms with Crippen LogP contribution in [0.1, 0.15) is 17.0 Å². The van der Waals surface area contributed by atoms with Crippen LogP contribution in [0.15, 0.2) is 65.6 Å². The van der Waals surface area contributed by atoms with Gasteiger partial charge in [-0.15, -0.1) is 0 Å². The van der Waals surface area contributed by atoms with Gasteiger partial charge in [-0.05, 0) is 38.1 Å². The summed E-state index contributed by atoms with van der Waals surface area (Å²) in [6.07, 6.45) is 0. The molecule has 0 unspecified atom stereocenters. The fourth-order valence-electron chi connectivity index (χ4n) is 2.60. The zero-order valence-corrected chi connectivity index (χ0v) is 14.4. The summed E-state index contributed by atoms with van der Waals surface area (Å²) in [6, 6.07) is 18.1. The molecule has 3 rings (SSSR count). The van der Waals surface area contributed by atoms with E-state index < -0.39 is 10.0 Å². The van der Waals surface area contributed by atoms with Crippen LogP contribution in [0.5, 0.6) is 0 Å². The molecule has 0 fully saturated rings. The maximum Gasteiger partial charge on any atom is 0.240 e. The summed E-state index contributed by atoms with van der Waals surface area (Å²) in [6.45, 7) is 4.04. The zero-order valence-electron chi connectivity index (χ0n) is 13.6. The molecule has 124 valence electrons. The maximum atomic E-state index is 12.4. The largest absolute Gasteiger partial charge is 0.240 e. The molecule has 0 radical (unpaired) electrons. The van der Waals surface area contributed by atoms with Gasteiger partial charge in [0.1, 0.15) is 0 Å². The van der Waals surface area contributed by atoms with Crippen molar-refractivity contribution in [3.8, 4) is 5.69 Å². The van der Waals surface area contributed by atoms with E-state index in [9.17, 15) is 8.42 Å². The molecule has 24 heavy (non-hydrogen) atoms. The predicted molar refractivity (Wildman–Crippen MR) is 93.5 cm³/mol. The van der Waals surface area contributed by atoms with Gasteiger partial charge in [-0.3, -0.25) is 0 Å². The van der Waals surface area contributed by atoms with Crippen molar-refractivity contribution < 1.29 is 8.42 Å². The fraction of sp³-hybridized carbons (Fsp3) is 0.167. The van der Waals surface area contributed by atoms with Crippen LogP contribution in [-0.2, 0) is 16.6 Å². The molecular formula is C18H19N3O2S. The van der Waals surface area contributed by atoms with Gasteiger partial charge in [-0.1, -0.05) is 36.4 Å². The minimum absolute atomic E-state index is 0.210. The van der Waals surface area contributed by atoms with Gasteiger partial charge in [0.05, 0.1) is 16.3 Å². The number of nitrogens with zero attached hydrogens (tertiary/aromatic N) is 2. The molecule has 0 atom stereocenters. The molecule has 3 aromatic rings. The molecule has 0 saturated carbocycles. The summed E-state index contributed by atoms with van der Waals surface area (Å²) in [7, 11) is -3.53. The van der Waals surface area contributed by atoms with Crippen LogP contribution in [0.3, 0.4) is 0 Å². The van der Waals surface area contributed by atoms with Crippen molar-refractivity contribution in [2.75, 3.05) is 0 Å². The number of hydrogen-bond acceptors (Lipinski definition) is 3. The summed E-state index contributed by atoms with van der Waals surface area (Å²) in [5.41, 5.74) is 3.58. The molecule has 0 amide bonds. The Bertz CT molecular complexity index is 933. The molecule has 1 aromatic heterocycles. The monoisotopic (exact) mass is 341 g/mol. The highest BCUT2D eigenvalue weighted by Crippen LogP contribution is 2.18. The molecule has 0 aliphatic rings. The van der Waals surface area contributed by atoms with Gasteiger partial charge < -0.3 is 0 Å². The van der Waals surface area contributed by atoms with Crippen molar-refractivity contribution in [2.24, 2.45) is 0 Å². The number of aryl methyl sites for hydroxylation is 1. The van der Waals surface area contributed by atoms with Crippen molar-refractivity contribution in [1.82, 2.24) is 14.5 Å². The van der Waals surface area contributed by atoms with Crippen molar-refractivity contribution in [1.29, 1.82) is 0 Å². The molecule has 6 heteroatoms. The Balaban J connectivity index is 1.86. The summed E-state index contributed by atoms with van der Waals surface area (Å²) >= 11 is 0. The van der Waals surface area contributed by atoms with E-state index >= 15 is 0 Å². The number of sulfonamides is 1. The average Bonchev–Trinajstić information content (AvgIpc) is 2.89. The lowest BCUT2D eigenvalue weighted by Gasteiger charge is -2.08. The fourth-order valence-corrected chi connectivity index (χ4v) is 3.62. The second-order valence-corrected chi connectivity index (χ2v) is 7.30. The lowest BCUT2D eigenvalue weighted by molar-refractivity contribution is 0.581.